The average Bonchev–Trinajstić information content (AvgIpc) is 3.62. The van der Waals surface area contributed by atoms with Crippen molar-refractivity contribution >= 4 is 5.97 Å². The molecule has 0 fully saturated rings. The largest absolute Gasteiger partial charge is 0.480 e. The number of H-pyrrole nitrogens is 2. The van der Waals surface area contributed by atoms with Gasteiger partial charge in [0.1, 0.15) is 17.7 Å². The Kier molecular flexibility index (Phi) is 12.0. The second-order valence-electron chi connectivity index (χ2n) is 10.2. The van der Waals surface area contributed by atoms with E-state index < -0.39 is 12.0 Å². The molecule has 2 atom stereocenters. The SMILES string of the molecule is CCCN(CCC)C(CCCN(C)Cc1ccc(CN(Cc2ncc[nH]2)C(C)c2ncc[nH]2)cc1)C(=O)O. The van der Waals surface area contributed by atoms with Crippen LogP contribution in [0.25, 0.3) is 0 Å². The number of aromatic amines is 2. The summed E-state index contributed by atoms with van der Waals surface area (Å²) in [6, 6.07) is 8.50. The van der Waals surface area contributed by atoms with Crippen LogP contribution in [0.4, 0.5) is 0 Å². The summed E-state index contributed by atoms with van der Waals surface area (Å²) in [5.74, 6) is 1.17. The molecule has 0 spiro atoms. The van der Waals surface area contributed by atoms with Gasteiger partial charge in [0, 0.05) is 37.9 Å². The van der Waals surface area contributed by atoms with Crippen molar-refractivity contribution in [1.82, 2.24) is 34.6 Å². The molecule has 0 aliphatic heterocycles. The lowest BCUT2D eigenvalue weighted by Gasteiger charge is -2.28. The Morgan fingerprint density at radius 2 is 1.53 bits per heavy atom. The van der Waals surface area contributed by atoms with Gasteiger partial charge < -0.3 is 20.0 Å². The van der Waals surface area contributed by atoms with Crippen LogP contribution in [-0.4, -0.2) is 78.4 Å². The Hall–Kier alpha value is -3.01. The highest BCUT2D eigenvalue weighted by Crippen LogP contribution is 2.22. The van der Waals surface area contributed by atoms with E-state index in [1.165, 1.54) is 11.1 Å². The number of hydrogen-bond donors (Lipinski definition) is 3. The van der Waals surface area contributed by atoms with Gasteiger partial charge in [-0.05, 0) is 70.4 Å². The van der Waals surface area contributed by atoms with Gasteiger partial charge in [0.2, 0.25) is 0 Å². The fraction of sp³-hybridized carbons (Fsp3) is 0.552. The number of nitrogens with zero attached hydrogens (tertiary/aromatic N) is 5. The number of carboxylic acids is 1. The van der Waals surface area contributed by atoms with Gasteiger partial charge in [-0.1, -0.05) is 38.1 Å². The van der Waals surface area contributed by atoms with Gasteiger partial charge in [-0.15, -0.1) is 0 Å². The van der Waals surface area contributed by atoms with Crippen LogP contribution < -0.4 is 0 Å². The first-order chi connectivity index (χ1) is 18.4. The highest BCUT2D eigenvalue weighted by molar-refractivity contribution is 5.73. The maximum absolute atomic E-state index is 11.9. The molecule has 9 heteroatoms. The predicted molar refractivity (Wildman–Crippen MR) is 150 cm³/mol. The second kappa shape index (κ2) is 15.4. The van der Waals surface area contributed by atoms with Crippen LogP contribution in [-0.2, 0) is 24.4 Å². The predicted octanol–water partition coefficient (Wildman–Crippen LogP) is 4.68. The van der Waals surface area contributed by atoms with Gasteiger partial charge in [-0.25, -0.2) is 9.97 Å². The Labute approximate surface area is 227 Å². The van der Waals surface area contributed by atoms with E-state index in [2.05, 4.69) is 86.7 Å². The molecule has 9 nitrogen and oxygen atoms in total. The standard InChI is InChI=1S/C29H45N7O2/c1-5-17-35(18-6-2)26(29(37)38)8-7-19-34(4)20-24-9-11-25(12-10-24)21-36(22-27-30-13-14-31-27)23(3)28-32-15-16-33-28/h9-16,23,26H,5-8,17-22H2,1-4H3,(H,30,31)(H,32,33)(H,37,38). The van der Waals surface area contributed by atoms with Crippen molar-refractivity contribution in [2.75, 3.05) is 26.7 Å². The number of aromatic nitrogens is 4. The summed E-state index contributed by atoms with van der Waals surface area (Å²) in [5, 5.41) is 9.78. The average molecular weight is 524 g/mol. The molecule has 0 amide bonds. The van der Waals surface area contributed by atoms with Crippen molar-refractivity contribution < 1.29 is 9.90 Å². The molecule has 0 saturated carbocycles. The Morgan fingerprint density at radius 1 is 0.895 bits per heavy atom. The number of carboxylic acid groups (broad SMARTS) is 1. The summed E-state index contributed by atoms with van der Waals surface area (Å²) in [6.45, 7) is 11.2. The number of rotatable bonds is 18. The van der Waals surface area contributed by atoms with E-state index in [1.807, 2.05) is 12.4 Å². The smallest absolute Gasteiger partial charge is 0.320 e. The highest BCUT2D eigenvalue weighted by Gasteiger charge is 2.24. The molecule has 2 unspecified atom stereocenters. The number of imidazole rings is 2. The molecule has 38 heavy (non-hydrogen) atoms. The van der Waals surface area contributed by atoms with Crippen LogP contribution >= 0.6 is 0 Å². The van der Waals surface area contributed by atoms with E-state index >= 15 is 0 Å². The summed E-state index contributed by atoms with van der Waals surface area (Å²) in [6.07, 6.45) is 10.8. The molecule has 2 aromatic heterocycles. The number of aliphatic carboxylic acids is 1. The molecule has 0 saturated heterocycles. The summed E-state index contributed by atoms with van der Waals surface area (Å²) >= 11 is 0. The zero-order valence-electron chi connectivity index (χ0n) is 23.4. The molecule has 2 heterocycles. The molecule has 208 valence electrons. The third kappa shape index (κ3) is 9.08. The number of hydrogen-bond acceptors (Lipinski definition) is 6. The monoisotopic (exact) mass is 523 g/mol. The summed E-state index contributed by atoms with van der Waals surface area (Å²) < 4.78 is 0. The maximum atomic E-state index is 11.9. The minimum atomic E-state index is -0.701. The van der Waals surface area contributed by atoms with Crippen molar-refractivity contribution in [3.63, 3.8) is 0 Å². The molecule has 0 aliphatic carbocycles. The van der Waals surface area contributed by atoms with Crippen LogP contribution in [0.5, 0.6) is 0 Å². The molecular weight excluding hydrogens is 478 g/mol. The zero-order chi connectivity index (χ0) is 27.3. The van der Waals surface area contributed by atoms with Gasteiger partial charge in [0.05, 0.1) is 12.6 Å². The maximum Gasteiger partial charge on any atom is 0.320 e. The molecule has 3 aromatic rings. The fourth-order valence-corrected chi connectivity index (χ4v) is 4.98. The molecule has 3 rings (SSSR count). The molecule has 0 bridgehead atoms. The van der Waals surface area contributed by atoms with Crippen LogP contribution in [0, 0.1) is 0 Å². The van der Waals surface area contributed by atoms with Gasteiger partial charge in [-0.2, -0.15) is 0 Å². The first-order valence-electron chi connectivity index (χ1n) is 13.9. The molecule has 1 aromatic carbocycles. The van der Waals surface area contributed by atoms with Gasteiger partial charge >= 0.3 is 5.97 Å². The quantitative estimate of drug-likeness (QED) is 0.222. The van der Waals surface area contributed by atoms with E-state index in [4.69, 9.17) is 0 Å². The lowest BCUT2D eigenvalue weighted by Crippen LogP contribution is -2.42. The number of benzene rings is 1. The van der Waals surface area contributed by atoms with Gasteiger partial charge in [-0.3, -0.25) is 14.6 Å². The summed E-state index contributed by atoms with van der Waals surface area (Å²) in [5.41, 5.74) is 2.49. The van der Waals surface area contributed by atoms with Crippen LogP contribution in [0.2, 0.25) is 0 Å². The molecule has 0 aliphatic rings. The summed E-state index contributed by atoms with van der Waals surface area (Å²) in [7, 11) is 2.11. The fourth-order valence-electron chi connectivity index (χ4n) is 4.98. The van der Waals surface area contributed by atoms with E-state index in [0.29, 0.717) is 13.0 Å². The Balaban J connectivity index is 1.53. The van der Waals surface area contributed by atoms with E-state index in [0.717, 1.165) is 63.6 Å². The van der Waals surface area contributed by atoms with Crippen molar-refractivity contribution in [2.24, 2.45) is 0 Å². The van der Waals surface area contributed by atoms with Crippen LogP contribution in [0.15, 0.2) is 49.1 Å². The first-order valence-corrected chi connectivity index (χ1v) is 13.9. The number of nitrogens with one attached hydrogen (secondary N) is 2. The second-order valence-corrected chi connectivity index (χ2v) is 10.2. The van der Waals surface area contributed by atoms with E-state index in [1.54, 1.807) is 12.4 Å². The van der Waals surface area contributed by atoms with Crippen molar-refractivity contribution in [1.29, 1.82) is 0 Å². The lowest BCUT2D eigenvalue weighted by atomic mass is 10.1. The minimum absolute atomic E-state index is 0.112. The zero-order valence-corrected chi connectivity index (χ0v) is 23.4. The van der Waals surface area contributed by atoms with E-state index in [-0.39, 0.29) is 6.04 Å². The first kappa shape index (κ1) is 29.5. The van der Waals surface area contributed by atoms with Crippen molar-refractivity contribution in [2.45, 2.75) is 78.2 Å². The van der Waals surface area contributed by atoms with Crippen molar-refractivity contribution in [3.05, 3.63) is 71.8 Å². The Bertz CT molecular complexity index is 1030. The third-order valence-corrected chi connectivity index (χ3v) is 7.00. The topological polar surface area (TPSA) is 104 Å². The molecule has 3 N–H and O–H groups in total. The lowest BCUT2D eigenvalue weighted by molar-refractivity contribution is -0.143. The highest BCUT2D eigenvalue weighted by atomic mass is 16.4. The Morgan fingerprint density at radius 3 is 2.08 bits per heavy atom. The number of carbonyl (C=O) groups is 1. The molecular formula is C29H45N7O2. The van der Waals surface area contributed by atoms with Crippen LogP contribution in [0.3, 0.4) is 0 Å². The minimum Gasteiger partial charge on any atom is -0.480 e. The van der Waals surface area contributed by atoms with Crippen LogP contribution in [0.1, 0.15) is 75.3 Å². The molecule has 0 radical (unpaired) electrons. The van der Waals surface area contributed by atoms with Crippen molar-refractivity contribution in [3.8, 4) is 0 Å². The van der Waals surface area contributed by atoms with E-state index in [9.17, 15) is 9.90 Å². The van der Waals surface area contributed by atoms with Gasteiger partial charge in [0.15, 0.2) is 0 Å². The summed E-state index contributed by atoms with van der Waals surface area (Å²) in [4.78, 5) is 34.0. The normalized spacial score (nSPS) is 13.4. The van der Waals surface area contributed by atoms with Gasteiger partial charge in [0.25, 0.3) is 0 Å². The third-order valence-electron chi connectivity index (χ3n) is 7.00.